The van der Waals surface area contributed by atoms with Gasteiger partial charge >= 0.3 is 0 Å². The van der Waals surface area contributed by atoms with E-state index in [0.717, 1.165) is 41.0 Å². The van der Waals surface area contributed by atoms with E-state index in [9.17, 15) is 0 Å². The summed E-state index contributed by atoms with van der Waals surface area (Å²) in [5, 5.41) is 5.43. The summed E-state index contributed by atoms with van der Waals surface area (Å²) >= 11 is 1.69. The second kappa shape index (κ2) is 6.62. The zero-order valence-corrected chi connectivity index (χ0v) is 13.4. The van der Waals surface area contributed by atoms with Gasteiger partial charge in [-0.25, -0.2) is 4.98 Å². The molecule has 0 radical (unpaired) electrons. The Kier molecular flexibility index (Phi) is 4.19. The summed E-state index contributed by atoms with van der Waals surface area (Å²) in [4.78, 5) is 8.76. The summed E-state index contributed by atoms with van der Waals surface area (Å²) in [7, 11) is 0. The van der Waals surface area contributed by atoms with Gasteiger partial charge in [-0.3, -0.25) is 4.98 Å². The number of morpholine rings is 1. The number of thiophene rings is 1. The second-order valence-electron chi connectivity index (χ2n) is 5.39. The van der Waals surface area contributed by atoms with Gasteiger partial charge in [0.1, 0.15) is 12.7 Å². The fraction of sp³-hybridized carbons (Fsp3) is 0.294. The third-order valence-corrected chi connectivity index (χ3v) is 4.74. The Morgan fingerprint density at radius 1 is 1.26 bits per heavy atom. The van der Waals surface area contributed by atoms with Crippen molar-refractivity contribution in [1.82, 2.24) is 15.3 Å². The minimum absolute atomic E-state index is 0.0865. The Labute approximate surface area is 138 Å². The lowest BCUT2D eigenvalue weighted by molar-refractivity contribution is -0.000670. The fourth-order valence-corrected chi connectivity index (χ4v) is 3.52. The van der Waals surface area contributed by atoms with Crippen LogP contribution in [0.25, 0.3) is 21.3 Å². The first-order valence-electron chi connectivity index (χ1n) is 7.64. The lowest BCUT2D eigenvalue weighted by Gasteiger charge is -2.23. The molecule has 23 heavy (non-hydrogen) atoms. The molecule has 0 aliphatic carbocycles. The van der Waals surface area contributed by atoms with Crippen LogP contribution in [0.15, 0.2) is 42.0 Å². The van der Waals surface area contributed by atoms with Crippen LogP contribution in [0.5, 0.6) is 5.88 Å². The van der Waals surface area contributed by atoms with Crippen molar-refractivity contribution >= 4 is 21.6 Å². The number of hydrogen-bond acceptors (Lipinski definition) is 6. The van der Waals surface area contributed by atoms with Crippen LogP contribution < -0.4 is 10.1 Å². The van der Waals surface area contributed by atoms with E-state index in [-0.39, 0.29) is 6.10 Å². The van der Waals surface area contributed by atoms with Gasteiger partial charge in [0.2, 0.25) is 5.88 Å². The highest BCUT2D eigenvalue weighted by atomic mass is 32.1. The average molecular weight is 327 g/mol. The van der Waals surface area contributed by atoms with Crippen LogP contribution in [-0.4, -0.2) is 42.4 Å². The van der Waals surface area contributed by atoms with Gasteiger partial charge < -0.3 is 14.8 Å². The molecule has 6 heteroatoms. The molecule has 1 saturated heterocycles. The van der Waals surface area contributed by atoms with Crippen molar-refractivity contribution in [3.63, 3.8) is 0 Å². The minimum atomic E-state index is 0.0865. The number of nitrogens with one attached hydrogen (secondary N) is 1. The van der Waals surface area contributed by atoms with Crippen LogP contribution in [0.3, 0.4) is 0 Å². The number of ether oxygens (including phenoxy) is 2. The Bertz CT molecular complexity index is 785. The molecule has 1 aliphatic heterocycles. The Hall–Kier alpha value is -2.02. The summed E-state index contributed by atoms with van der Waals surface area (Å²) in [5.74, 6) is 0.639. The minimum Gasteiger partial charge on any atom is -0.475 e. The molecule has 1 unspecified atom stereocenters. The van der Waals surface area contributed by atoms with Gasteiger partial charge in [-0.2, -0.15) is 0 Å². The van der Waals surface area contributed by atoms with E-state index in [2.05, 4.69) is 26.7 Å². The quantitative estimate of drug-likeness (QED) is 0.798. The van der Waals surface area contributed by atoms with Crippen LogP contribution in [0.1, 0.15) is 0 Å². The first kappa shape index (κ1) is 14.6. The van der Waals surface area contributed by atoms with Gasteiger partial charge in [0.05, 0.1) is 16.8 Å². The molecule has 3 aromatic rings. The molecule has 1 N–H and O–H groups in total. The molecular formula is C17H17N3O2S. The van der Waals surface area contributed by atoms with Gasteiger partial charge in [0.15, 0.2) is 0 Å². The van der Waals surface area contributed by atoms with Crippen molar-refractivity contribution in [2.24, 2.45) is 0 Å². The van der Waals surface area contributed by atoms with Crippen LogP contribution in [0, 0.1) is 0 Å². The smallest absolute Gasteiger partial charge is 0.213 e. The summed E-state index contributed by atoms with van der Waals surface area (Å²) < 4.78 is 12.6. The molecule has 4 rings (SSSR count). The molecule has 1 aliphatic rings. The van der Waals surface area contributed by atoms with E-state index in [0.29, 0.717) is 12.5 Å². The first-order valence-corrected chi connectivity index (χ1v) is 8.52. The largest absolute Gasteiger partial charge is 0.475 e. The molecule has 5 nitrogen and oxygen atoms in total. The molecule has 0 amide bonds. The summed E-state index contributed by atoms with van der Waals surface area (Å²) in [6.45, 7) is 2.98. The van der Waals surface area contributed by atoms with E-state index < -0.39 is 0 Å². The van der Waals surface area contributed by atoms with Gasteiger partial charge in [0.25, 0.3) is 0 Å². The van der Waals surface area contributed by atoms with Gasteiger partial charge in [0, 0.05) is 42.5 Å². The maximum atomic E-state index is 5.83. The Morgan fingerprint density at radius 3 is 3.00 bits per heavy atom. The molecule has 0 spiro atoms. The van der Waals surface area contributed by atoms with Crippen molar-refractivity contribution in [3.8, 4) is 17.0 Å². The number of hydrogen-bond donors (Lipinski definition) is 1. The maximum absolute atomic E-state index is 5.83. The predicted octanol–water partition coefficient (Wildman–Crippen LogP) is 2.73. The predicted molar refractivity (Wildman–Crippen MR) is 91.0 cm³/mol. The van der Waals surface area contributed by atoms with E-state index in [1.54, 1.807) is 23.7 Å². The normalized spacial score (nSPS) is 18.2. The van der Waals surface area contributed by atoms with Crippen LogP contribution in [-0.2, 0) is 4.74 Å². The molecule has 0 aromatic carbocycles. The zero-order chi connectivity index (χ0) is 15.5. The summed E-state index contributed by atoms with van der Waals surface area (Å²) in [6, 6.07) is 7.98. The third kappa shape index (κ3) is 3.19. The first-order chi connectivity index (χ1) is 11.4. The molecular weight excluding hydrogens is 310 g/mol. The number of nitrogens with zero attached hydrogens (tertiary/aromatic N) is 2. The maximum Gasteiger partial charge on any atom is 0.213 e. The monoisotopic (exact) mass is 327 g/mol. The van der Waals surface area contributed by atoms with Crippen LogP contribution >= 0.6 is 11.3 Å². The van der Waals surface area contributed by atoms with Crippen molar-refractivity contribution in [2.45, 2.75) is 6.10 Å². The highest BCUT2D eigenvalue weighted by Gasteiger charge is 2.15. The SMILES string of the molecule is c1cc(-c2csc3ccc(OCC4CNCCO4)nc23)ccn1. The van der Waals surface area contributed by atoms with E-state index in [1.165, 1.54) is 0 Å². The van der Waals surface area contributed by atoms with Crippen molar-refractivity contribution in [1.29, 1.82) is 0 Å². The summed E-state index contributed by atoms with van der Waals surface area (Å²) in [6.07, 6.45) is 3.68. The van der Waals surface area contributed by atoms with Gasteiger partial charge in [-0.05, 0) is 23.8 Å². The third-order valence-electron chi connectivity index (χ3n) is 3.80. The second-order valence-corrected chi connectivity index (χ2v) is 6.30. The van der Waals surface area contributed by atoms with Gasteiger partial charge in [-0.1, -0.05) is 0 Å². The topological polar surface area (TPSA) is 56.3 Å². The molecule has 1 atom stereocenters. The van der Waals surface area contributed by atoms with Crippen molar-refractivity contribution in [3.05, 3.63) is 42.0 Å². The van der Waals surface area contributed by atoms with Crippen LogP contribution in [0.4, 0.5) is 0 Å². The van der Waals surface area contributed by atoms with Crippen molar-refractivity contribution in [2.75, 3.05) is 26.3 Å². The highest BCUT2D eigenvalue weighted by Crippen LogP contribution is 2.33. The zero-order valence-electron chi connectivity index (χ0n) is 12.6. The molecule has 4 heterocycles. The van der Waals surface area contributed by atoms with E-state index in [4.69, 9.17) is 9.47 Å². The molecule has 0 saturated carbocycles. The van der Waals surface area contributed by atoms with Gasteiger partial charge in [-0.15, -0.1) is 11.3 Å². The lowest BCUT2D eigenvalue weighted by Crippen LogP contribution is -2.41. The number of fused-ring (bicyclic) bond motifs is 1. The fourth-order valence-electron chi connectivity index (χ4n) is 2.62. The molecule has 1 fully saturated rings. The number of pyridine rings is 2. The molecule has 0 bridgehead atoms. The highest BCUT2D eigenvalue weighted by molar-refractivity contribution is 7.17. The van der Waals surface area contributed by atoms with Crippen LogP contribution in [0.2, 0.25) is 0 Å². The molecule has 3 aromatic heterocycles. The summed E-state index contributed by atoms with van der Waals surface area (Å²) in [5.41, 5.74) is 3.21. The standard InChI is InChI=1S/C17H17N3O2S/c1-2-16(22-10-13-9-19-7-8-21-13)20-17-14(11-23-15(1)17)12-3-5-18-6-4-12/h1-6,11,13,19H,7-10H2. The van der Waals surface area contributed by atoms with Crippen molar-refractivity contribution < 1.29 is 9.47 Å². The number of aromatic nitrogens is 2. The Morgan fingerprint density at radius 2 is 2.17 bits per heavy atom. The molecule has 118 valence electrons. The number of rotatable bonds is 4. The average Bonchev–Trinajstić information content (AvgIpc) is 3.05. The van der Waals surface area contributed by atoms with E-state index in [1.807, 2.05) is 18.2 Å². The van der Waals surface area contributed by atoms with E-state index >= 15 is 0 Å². The Balaban J connectivity index is 1.57. The lowest BCUT2D eigenvalue weighted by atomic mass is 10.1.